The van der Waals surface area contributed by atoms with Gasteiger partial charge in [-0.1, -0.05) is 0 Å². The van der Waals surface area contributed by atoms with E-state index in [9.17, 15) is 17.6 Å². The monoisotopic (exact) mass is 411 g/mol. The lowest BCUT2D eigenvalue weighted by Gasteiger charge is -2.10. The van der Waals surface area contributed by atoms with E-state index in [1.807, 2.05) is 5.38 Å². The van der Waals surface area contributed by atoms with Gasteiger partial charge < -0.3 is 4.74 Å². The molecule has 0 bridgehead atoms. The zero-order valence-electron chi connectivity index (χ0n) is 13.6. The Kier molecular flexibility index (Phi) is 5.52. The van der Waals surface area contributed by atoms with Gasteiger partial charge in [-0.3, -0.25) is 4.79 Å². The third-order valence-electron chi connectivity index (χ3n) is 3.52. The number of ether oxygens (including phenoxy) is 1. The first-order valence-electron chi connectivity index (χ1n) is 7.39. The van der Waals surface area contributed by atoms with E-state index in [0.717, 1.165) is 12.1 Å². The van der Waals surface area contributed by atoms with Crippen molar-refractivity contribution in [1.29, 1.82) is 0 Å². The average molecular weight is 412 g/mol. The Bertz CT molecular complexity index is 1030. The number of hydrogen-bond donors (Lipinski definition) is 1. The van der Waals surface area contributed by atoms with E-state index in [2.05, 4.69) is 4.72 Å². The molecule has 1 N–H and O–H groups in total. The Morgan fingerprint density at radius 3 is 2.73 bits per heavy atom. The molecule has 3 rings (SSSR count). The fourth-order valence-corrected chi connectivity index (χ4v) is 5.06. The molecule has 2 heterocycles. The second-order valence-corrected chi connectivity index (χ2v) is 8.91. The maximum Gasteiger partial charge on any atom is 0.244 e. The summed E-state index contributed by atoms with van der Waals surface area (Å²) in [7, 11) is -2.66. The van der Waals surface area contributed by atoms with Crippen molar-refractivity contribution in [1.82, 2.24) is 4.72 Å². The topological polar surface area (TPSA) is 72.5 Å². The minimum absolute atomic E-state index is 0.0103. The summed E-state index contributed by atoms with van der Waals surface area (Å²) >= 11 is 2.65. The molecule has 2 aromatic heterocycles. The van der Waals surface area contributed by atoms with Gasteiger partial charge in [0.05, 0.1) is 12.0 Å². The minimum Gasteiger partial charge on any atom is -0.495 e. The van der Waals surface area contributed by atoms with Crippen molar-refractivity contribution in [3.63, 3.8) is 0 Å². The highest BCUT2D eigenvalue weighted by atomic mass is 32.2. The van der Waals surface area contributed by atoms with Gasteiger partial charge in [0.2, 0.25) is 15.8 Å². The molecule has 3 aromatic rings. The average Bonchev–Trinajstić information content (AvgIpc) is 3.31. The second-order valence-electron chi connectivity index (χ2n) is 5.23. The van der Waals surface area contributed by atoms with Crippen LogP contribution in [0.1, 0.15) is 20.1 Å². The van der Waals surface area contributed by atoms with Gasteiger partial charge in [-0.2, -0.15) is 11.3 Å². The summed E-state index contributed by atoms with van der Waals surface area (Å²) in [4.78, 5) is 13.2. The molecule has 0 saturated heterocycles. The molecule has 0 aliphatic carbocycles. The van der Waals surface area contributed by atoms with Gasteiger partial charge in [0.1, 0.15) is 16.5 Å². The van der Waals surface area contributed by atoms with Crippen molar-refractivity contribution in [2.45, 2.75) is 11.4 Å². The number of ketones is 1. The van der Waals surface area contributed by atoms with Crippen molar-refractivity contribution in [2.75, 3.05) is 7.11 Å². The molecule has 136 valence electrons. The Morgan fingerprint density at radius 2 is 2.04 bits per heavy atom. The van der Waals surface area contributed by atoms with E-state index in [1.54, 1.807) is 23.6 Å². The maximum atomic E-state index is 13.4. The van der Waals surface area contributed by atoms with Crippen LogP contribution in [0, 0.1) is 5.82 Å². The van der Waals surface area contributed by atoms with Gasteiger partial charge in [-0.25, -0.2) is 17.5 Å². The molecule has 0 radical (unpaired) electrons. The number of methoxy groups -OCH3 is 1. The molecule has 0 atom stereocenters. The van der Waals surface area contributed by atoms with Crippen LogP contribution in [0.5, 0.6) is 5.75 Å². The Hall–Kier alpha value is -2.07. The van der Waals surface area contributed by atoms with Crippen LogP contribution in [0.3, 0.4) is 0 Å². The number of nitrogens with one attached hydrogen (secondary N) is 1. The summed E-state index contributed by atoms with van der Waals surface area (Å²) in [6, 6.07) is 8.38. The van der Waals surface area contributed by atoms with Gasteiger partial charge in [0, 0.05) is 22.4 Å². The molecule has 0 aliphatic heterocycles. The van der Waals surface area contributed by atoms with Crippen molar-refractivity contribution in [3.8, 4) is 5.75 Å². The first-order valence-corrected chi connectivity index (χ1v) is 10.6. The summed E-state index contributed by atoms with van der Waals surface area (Å²) < 4.78 is 45.7. The summed E-state index contributed by atoms with van der Waals surface area (Å²) in [6.07, 6.45) is 0. The molecule has 9 heteroatoms. The highest BCUT2D eigenvalue weighted by molar-refractivity contribution is 7.89. The summed E-state index contributed by atoms with van der Waals surface area (Å²) in [6.45, 7) is -0.0103. The maximum absolute atomic E-state index is 13.4. The van der Waals surface area contributed by atoms with Crippen LogP contribution in [-0.2, 0) is 16.6 Å². The van der Waals surface area contributed by atoms with Gasteiger partial charge in [-0.15, -0.1) is 11.3 Å². The standard InChI is InChI=1S/C17H14FNO4S3/c1-23-14-4-2-12(18)8-16(14)26(21,22)19-9-13-3-5-15(25-13)17(20)11-6-7-24-10-11/h2-8,10,19H,9H2,1H3. The van der Waals surface area contributed by atoms with Crippen LogP contribution in [0.25, 0.3) is 0 Å². The van der Waals surface area contributed by atoms with Crippen molar-refractivity contribution in [3.05, 3.63) is 68.3 Å². The number of halogens is 1. The van der Waals surface area contributed by atoms with Crippen LogP contribution in [0.2, 0.25) is 0 Å². The molecule has 0 aliphatic rings. The van der Waals surface area contributed by atoms with Crippen LogP contribution in [-0.4, -0.2) is 21.3 Å². The van der Waals surface area contributed by atoms with E-state index in [-0.39, 0.29) is 23.0 Å². The molecule has 0 fully saturated rings. The Balaban J connectivity index is 1.75. The minimum atomic E-state index is -3.97. The zero-order chi connectivity index (χ0) is 18.7. The number of carbonyl (C=O) groups excluding carboxylic acids is 1. The summed E-state index contributed by atoms with van der Waals surface area (Å²) in [5.74, 6) is -0.721. The van der Waals surface area contributed by atoms with E-state index < -0.39 is 15.8 Å². The van der Waals surface area contributed by atoms with Gasteiger partial charge in [-0.05, 0) is 41.8 Å². The molecular formula is C17H14FNO4S3. The SMILES string of the molecule is COc1ccc(F)cc1S(=O)(=O)NCc1ccc(C(=O)c2ccsc2)s1. The van der Waals surface area contributed by atoms with Crippen LogP contribution >= 0.6 is 22.7 Å². The number of sulfonamides is 1. The summed E-state index contributed by atoms with van der Waals surface area (Å²) in [5, 5.41) is 3.59. The van der Waals surface area contributed by atoms with Crippen molar-refractivity contribution >= 4 is 38.5 Å². The number of benzene rings is 1. The number of rotatable bonds is 7. The van der Waals surface area contributed by atoms with E-state index in [1.165, 1.54) is 35.8 Å². The molecule has 0 saturated carbocycles. The first-order chi connectivity index (χ1) is 12.4. The van der Waals surface area contributed by atoms with Gasteiger partial charge in [0.25, 0.3) is 0 Å². The van der Waals surface area contributed by atoms with Crippen LogP contribution in [0.15, 0.2) is 52.1 Å². The Morgan fingerprint density at radius 1 is 1.23 bits per heavy atom. The van der Waals surface area contributed by atoms with Crippen molar-refractivity contribution < 1.29 is 22.3 Å². The molecular weight excluding hydrogens is 397 g/mol. The lowest BCUT2D eigenvalue weighted by molar-refractivity contribution is 0.104. The largest absolute Gasteiger partial charge is 0.495 e. The number of thiophene rings is 2. The van der Waals surface area contributed by atoms with E-state index in [0.29, 0.717) is 15.3 Å². The smallest absolute Gasteiger partial charge is 0.244 e. The highest BCUT2D eigenvalue weighted by Gasteiger charge is 2.21. The summed E-state index contributed by atoms with van der Waals surface area (Å²) in [5.41, 5.74) is 0.605. The predicted octanol–water partition coefficient (Wildman–Crippen LogP) is 3.67. The van der Waals surface area contributed by atoms with Gasteiger partial charge >= 0.3 is 0 Å². The Labute approximate surface area is 158 Å². The zero-order valence-corrected chi connectivity index (χ0v) is 16.0. The molecule has 0 amide bonds. The number of carbonyl (C=O) groups is 1. The fourth-order valence-electron chi connectivity index (χ4n) is 2.24. The predicted molar refractivity (Wildman–Crippen MR) is 99.0 cm³/mol. The lowest BCUT2D eigenvalue weighted by Crippen LogP contribution is -2.23. The molecule has 0 spiro atoms. The van der Waals surface area contributed by atoms with E-state index in [4.69, 9.17) is 4.74 Å². The first kappa shape index (κ1) is 18.7. The number of hydrogen-bond acceptors (Lipinski definition) is 6. The lowest BCUT2D eigenvalue weighted by atomic mass is 10.2. The fraction of sp³-hybridized carbons (Fsp3) is 0.118. The van der Waals surface area contributed by atoms with Crippen molar-refractivity contribution in [2.24, 2.45) is 0 Å². The quantitative estimate of drug-likeness (QED) is 0.602. The normalized spacial score (nSPS) is 11.5. The highest BCUT2D eigenvalue weighted by Crippen LogP contribution is 2.25. The molecule has 5 nitrogen and oxygen atoms in total. The third kappa shape index (κ3) is 4.01. The second kappa shape index (κ2) is 7.67. The van der Waals surface area contributed by atoms with E-state index >= 15 is 0 Å². The molecule has 1 aromatic carbocycles. The van der Waals surface area contributed by atoms with Gasteiger partial charge in [0.15, 0.2) is 0 Å². The van der Waals surface area contributed by atoms with Crippen LogP contribution in [0.4, 0.5) is 4.39 Å². The third-order valence-corrected chi connectivity index (χ3v) is 6.71. The van der Waals surface area contributed by atoms with Crippen LogP contribution < -0.4 is 9.46 Å². The molecule has 0 unspecified atom stereocenters. The molecule has 26 heavy (non-hydrogen) atoms.